The van der Waals surface area contributed by atoms with Crippen molar-refractivity contribution in [1.29, 1.82) is 0 Å². The summed E-state index contributed by atoms with van der Waals surface area (Å²) < 4.78 is 10.6. The lowest BCUT2D eigenvalue weighted by atomic mass is 9.84. The second-order valence-corrected chi connectivity index (χ2v) is 8.55. The third kappa shape index (κ3) is 15.5. The van der Waals surface area contributed by atoms with Gasteiger partial charge in [0.2, 0.25) is 0 Å². The minimum absolute atomic E-state index is 0.305. The first-order valence-corrected chi connectivity index (χ1v) is 10.1. The highest BCUT2D eigenvalue weighted by atomic mass is 35.5. The Morgan fingerprint density at radius 3 is 1.78 bits per heavy atom. The second kappa shape index (κ2) is 14.5. The Morgan fingerprint density at radius 1 is 0.739 bits per heavy atom. The molecule has 0 aliphatic heterocycles. The molecule has 140 valence electrons. The first-order chi connectivity index (χ1) is 10.8. The van der Waals surface area contributed by atoms with Crippen molar-refractivity contribution < 1.29 is 9.47 Å². The van der Waals surface area contributed by atoms with Gasteiger partial charge in [0.1, 0.15) is 6.79 Å². The third-order valence-electron chi connectivity index (χ3n) is 4.50. The van der Waals surface area contributed by atoms with Crippen LogP contribution >= 0.6 is 11.6 Å². The Morgan fingerprint density at radius 2 is 1.26 bits per heavy atom. The minimum atomic E-state index is 0.305. The largest absolute Gasteiger partial charge is 0.356 e. The molecular weight excluding hydrogens is 308 g/mol. The highest BCUT2D eigenvalue weighted by Gasteiger charge is 2.15. The van der Waals surface area contributed by atoms with Crippen LogP contribution in [0.25, 0.3) is 0 Å². The van der Waals surface area contributed by atoms with Crippen LogP contribution in [-0.2, 0) is 9.47 Å². The predicted molar refractivity (Wildman–Crippen MR) is 102 cm³/mol. The van der Waals surface area contributed by atoms with Crippen LogP contribution in [0.5, 0.6) is 0 Å². The summed E-state index contributed by atoms with van der Waals surface area (Å²) in [5, 5.41) is 0.305. The fourth-order valence-corrected chi connectivity index (χ4v) is 4.06. The van der Waals surface area contributed by atoms with Gasteiger partial charge in [-0.05, 0) is 76.0 Å². The highest BCUT2D eigenvalue weighted by molar-refractivity contribution is 6.20. The number of hydrogen-bond acceptors (Lipinski definition) is 2. The minimum Gasteiger partial charge on any atom is -0.356 e. The van der Waals surface area contributed by atoms with E-state index in [1.807, 2.05) is 6.92 Å². The first-order valence-electron chi connectivity index (χ1n) is 9.64. The van der Waals surface area contributed by atoms with Crippen LogP contribution in [0.4, 0.5) is 0 Å². The van der Waals surface area contributed by atoms with Gasteiger partial charge in [-0.25, -0.2) is 0 Å². The third-order valence-corrected chi connectivity index (χ3v) is 4.68. The number of ether oxygens (including phenoxy) is 2. The van der Waals surface area contributed by atoms with Gasteiger partial charge in [0.25, 0.3) is 0 Å². The number of hydrogen-bond donors (Lipinski definition) is 0. The Labute approximate surface area is 150 Å². The summed E-state index contributed by atoms with van der Waals surface area (Å²) in [6.07, 6.45) is 7.51. The highest BCUT2D eigenvalue weighted by Crippen LogP contribution is 2.27. The zero-order valence-electron chi connectivity index (χ0n) is 16.4. The molecule has 23 heavy (non-hydrogen) atoms. The molecule has 5 atom stereocenters. The topological polar surface area (TPSA) is 18.5 Å². The monoisotopic (exact) mass is 348 g/mol. The van der Waals surface area contributed by atoms with Gasteiger partial charge in [-0.3, -0.25) is 0 Å². The van der Waals surface area contributed by atoms with E-state index < -0.39 is 0 Å². The quantitative estimate of drug-likeness (QED) is 0.191. The van der Waals surface area contributed by atoms with Gasteiger partial charge in [0, 0.05) is 18.6 Å². The van der Waals surface area contributed by atoms with Crippen molar-refractivity contribution in [2.75, 3.05) is 20.0 Å². The maximum atomic E-state index is 6.10. The molecule has 0 spiro atoms. The SMILES string of the molecule is CCOCOCCCC(C)CC(C)CC(C)CC(C)CC(C)Cl. The molecule has 0 aliphatic carbocycles. The van der Waals surface area contributed by atoms with Crippen molar-refractivity contribution in [2.45, 2.75) is 85.4 Å². The predicted octanol–water partition coefficient (Wildman–Crippen LogP) is 6.51. The van der Waals surface area contributed by atoms with Gasteiger partial charge in [0.15, 0.2) is 0 Å². The Balaban J connectivity index is 3.71. The smallest absolute Gasteiger partial charge is 0.146 e. The molecule has 0 radical (unpaired) electrons. The maximum Gasteiger partial charge on any atom is 0.146 e. The standard InChI is InChI=1S/C20H41ClO2/c1-7-22-15-23-10-8-9-16(2)11-17(3)12-18(4)13-19(5)14-20(6)21/h16-20H,7-15H2,1-6H3. The van der Waals surface area contributed by atoms with Crippen LogP contribution < -0.4 is 0 Å². The fourth-order valence-electron chi connectivity index (χ4n) is 3.76. The average Bonchev–Trinajstić information content (AvgIpc) is 2.40. The molecular formula is C20H41ClO2. The molecule has 0 aliphatic rings. The van der Waals surface area contributed by atoms with Gasteiger partial charge < -0.3 is 9.47 Å². The average molecular weight is 349 g/mol. The van der Waals surface area contributed by atoms with Crippen LogP contribution in [0.3, 0.4) is 0 Å². The van der Waals surface area contributed by atoms with E-state index in [0.717, 1.165) is 49.7 Å². The molecule has 0 heterocycles. The van der Waals surface area contributed by atoms with Gasteiger partial charge in [-0.2, -0.15) is 0 Å². The van der Waals surface area contributed by atoms with E-state index in [1.54, 1.807) is 0 Å². The molecule has 0 aromatic heterocycles. The van der Waals surface area contributed by atoms with Gasteiger partial charge in [-0.15, -0.1) is 11.6 Å². The van der Waals surface area contributed by atoms with Gasteiger partial charge >= 0.3 is 0 Å². The summed E-state index contributed by atoms with van der Waals surface area (Å²) in [5.74, 6) is 3.14. The first kappa shape index (κ1) is 23.2. The summed E-state index contributed by atoms with van der Waals surface area (Å²) in [4.78, 5) is 0. The van der Waals surface area contributed by atoms with E-state index >= 15 is 0 Å². The van der Waals surface area contributed by atoms with E-state index in [-0.39, 0.29) is 0 Å². The van der Waals surface area contributed by atoms with Gasteiger partial charge in [-0.1, -0.05) is 27.7 Å². The normalized spacial score (nSPS) is 18.4. The Bertz CT molecular complexity index is 258. The lowest BCUT2D eigenvalue weighted by molar-refractivity contribution is -0.0508. The molecule has 0 saturated heterocycles. The van der Waals surface area contributed by atoms with Crippen molar-refractivity contribution in [3.05, 3.63) is 0 Å². The van der Waals surface area contributed by atoms with Crippen LogP contribution in [0, 0.1) is 23.7 Å². The van der Waals surface area contributed by atoms with Crippen molar-refractivity contribution in [3.8, 4) is 0 Å². The number of alkyl halides is 1. The maximum absolute atomic E-state index is 6.10. The molecule has 0 aromatic carbocycles. The molecule has 0 amide bonds. The van der Waals surface area contributed by atoms with E-state index in [1.165, 1.54) is 25.7 Å². The lowest BCUT2D eigenvalue weighted by Gasteiger charge is -2.23. The molecule has 5 unspecified atom stereocenters. The summed E-state index contributed by atoms with van der Waals surface area (Å²) in [6.45, 7) is 15.6. The zero-order chi connectivity index (χ0) is 17.7. The van der Waals surface area contributed by atoms with E-state index in [2.05, 4.69) is 34.6 Å². The zero-order valence-corrected chi connectivity index (χ0v) is 17.2. The second-order valence-electron chi connectivity index (χ2n) is 7.81. The summed E-state index contributed by atoms with van der Waals surface area (Å²) in [6, 6.07) is 0. The van der Waals surface area contributed by atoms with Crippen LogP contribution in [0.1, 0.15) is 80.1 Å². The van der Waals surface area contributed by atoms with Crippen molar-refractivity contribution in [2.24, 2.45) is 23.7 Å². The van der Waals surface area contributed by atoms with Crippen LogP contribution in [0.2, 0.25) is 0 Å². The molecule has 0 rings (SSSR count). The fraction of sp³-hybridized carbons (Fsp3) is 1.00. The van der Waals surface area contributed by atoms with Gasteiger partial charge in [0.05, 0.1) is 0 Å². The Hall–Kier alpha value is 0.210. The number of rotatable bonds is 15. The van der Waals surface area contributed by atoms with E-state index in [0.29, 0.717) is 12.2 Å². The molecule has 2 nitrogen and oxygen atoms in total. The van der Waals surface area contributed by atoms with E-state index in [4.69, 9.17) is 21.1 Å². The lowest BCUT2D eigenvalue weighted by Crippen LogP contribution is -2.12. The molecule has 0 saturated carbocycles. The molecule has 0 fully saturated rings. The summed E-state index contributed by atoms with van der Waals surface area (Å²) >= 11 is 6.10. The van der Waals surface area contributed by atoms with E-state index in [9.17, 15) is 0 Å². The molecule has 0 aromatic rings. The van der Waals surface area contributed by atoms with Crippen LogP contribution in [-0.4, -0.2) is 25.4 Å². The number of halogens is 1. The molecule has 3 heteroatoms. The van der Waals surface area contributed by atoms with Crippen molar-refractivity contribution >= 4 is 11.6 Å². The summed E-state index contributed by atoms with van der Waals surface area (Å²) in [5.41, 5.74) is 0. The van der Waals surface area contributed by atoms with Crippen molar-refractivity contribution in [3.63, 3.8) is 0 Å². The van der Waals surface area contributed by atoms with Crippen molar-refractivity contribution in [1.82, 2.24) is 0 Å². The molecule has 0 N–H and O–H groups in total. The molecule has 0 bridgehead atoms. The van der Waals surface area contributed by atoms with Crippen LogP contribution in [0.15, 0.2) is 0 Å². The summed E-state index contributed by atoms with van der Waals surface area (Å²) in [7, 11) is 0. The Kier molecular flexibility index (Phi) is 14.7.